The SMILES string of the molecule is NCC1(C(=O)NCc2ccc(-c3ccn[nH]3)cc2)CC1. The van der Waals surface area contributed by atoms with E-state index in [4.69, 9.17) is 5.73 Å². The second-order valence-corrected chi connectivity index (χ2v) is 5.33. The summed E-state index contributed by atoms with van der Waals surface area (Å²) in [5.74, 6) is 0.0812. The van der Waals surface area contributed by atoms with Gasteiger partial charge in [-0.1, -0.05) is 24.3 Å². The number of carbonyl (C=O) groups is 1. The Hall–Kier alpha value is -2.14. The molecular formula is C15H18N4O. The molecule has 5 heteroatoms. The molecule has 0 unspecified atom stereocenters. The molecule has 0 spiro atoms. The van der Waals surface area contributed by atoms with Crippen LogP contribution in [0.15, 0.2) is 36.5 Å². The summed E-state index contributed by atoms with van der Waals surface area (Å²) < 4.78 is 0. The Morgan fingerprint density at radius 1 is 1.30 bits per heavy atom. The molecule has 0 bridgehead atoms. The van der Waals surface area contributed by atoms with Crippen LogP contribution < -0.4 is 11.1 Å². The fraction of sp³-hybridized carbons (Fsp3) is 0.333. The van der Waals surface area contributed by atoms with Crippen LogP contribution in [0.25, 0.3) is 11.3 Å². The van der Waals surface area contributed by atoms with Gasteiger partial charge in [-0.15, -0.1) is 0 Å². The molecule has 1 saturated carbocycles. The van der Waals surface area contributed by atoms with Crippen LogP contribution in [0.5, 0.6) is 0 Å². The zero-order valence-corrected chi connectivity index (χ0v) is 11.2. The van der Waals surface area contributed by atoms with E-state index in [9.17, 15) is 4.79 Å². The summed E-state index contributed by atoms with van der Waals surface area (Å²) in [7, 11) is 0. The predicted octanol–water partition coefficient (Wildman–Crippen LogP) is 1.43. The van der Waals surface area contributed by atoms with Crippen molar-refractivity contribution in [2.24, 2.45) is 11.1 Å². The fourth-order valence-corrected chi connectivity index (χ4v) is 2.26. The van der Waals surface area contributed by atoms with E-state index < -0.39 is 0 Å². The van der Waals surface area contributed by atoms with Crippen LogP contribution in [0.2, 0.25) is 0 Å². The van der Waals surface area contributed by atoms with Crippen molar-refractivity contribution >= 4 is 5.91 Å². The zero-order valence-electron chi connectivity index (χ0n) is 11.2. The van der Waals surface area contributed by atoms with Crippen molar-refractivity contribution in [3.05, 3.63) is 42.1 Å². The van der Waals surface area contributed by atoms with Crippen molar-refractivity contribution in [2.75, 3.05) is 6.54 Å². The zero-order chi connectivity index (χ0) is 14.0. The van der Waals surface area contributed by atoms with E-state index in [1.165, 1.54) is 0 Å². The lowest BCUT2D eigenvalue weighted by atomic mass is 10.1. The minimum Gasteiger partial charge on any atom is -0.352 e. The van der Waals surface area contributed by atoms with Crippen LogP contribution >= 0.6 is 0 Å². The average molecular weight is 270 g/mol. The highest BCUT2D eigenvalue weighted by Gasteiger charge is 2.48. The van der Waals surface area contributed by atoms with Gasteiger partial charge in [0.05, 0.1) is 11.1 Å². The molecule has 4 N–H and O–H groups in total. The number of benzene rings is 1. The second-order valence-electron chi connectivity index (χ2n) is 5.33. The van der Waals surface area contributed by atoms with Gasteiger partial charge in [-0.05, 0) is 30.0 Å². The third kappa shape index (κ3) is 2.44. The molecule has 0 saturated heterocycles. The van der Waals surface area contributed by atoms with Crippen LogP contribution in [-0.4, -0.2) is 22.6 Å². The first-order chi connectivity index (χ1) is 9.73. The number of rotatable bonds is 5. The highest BCUT2D eigenvalue weighted by Crippen LogP contribution is 2.44. The Kier molecular flexibility index (Phi) is 3.28. The average Bonchev–Trinajstić information content (AvgIpc) is 3.11. The first-order valence-corrected chi connectivity index (χ1v) is 6.81. The molecule has 1 heterocycles. The van der Waals surface area contributed by atoms with E-state index in [0.29, 0.717) is 13.1 Å². The topological polar surface area (TPSA) is 83.8 Å². The standard InChI is InChI=1S/C15H18N4O/c16-10-15(6-7-15)14(20)17-9-11-1-3-12(4-2-11)13-5-8-18-19-13/h1-5,8H,6-7,9-10,16H2,(H,17,20)(H,18,19). The van der Waals surface area contributed by atoms with E-state index in [1.807, 2.05) is 30.3 Å². The van der Waals surface area contributed by atoms with Crippen molar-refractivity contribution in [1.82, 2.24) is 15.5 Å². The minimum atomic E-state index is -0.282. The lowest BCUT2D eigenvalue weighted by Gasteiger charge is -2.12. The molecule has 20 heavy (non-hydrogen) atoms. The number of carbonyl (C=O) groups excluding carboxylic acids is 1. The number of H-pyrrole nitrogens is 1. The highest BCUT2D eigenvalue weighted by molar-refractivity contribution is 5.85. The Morgan fingerprint density at radius 2 is 2.05 bits per heavy atom. The number of hydrogen-bond donors (Lipinski definition) is 3. The molecule has 0 aliphatic heterocycles. The second kappa shape index (κ2) is 5.09. The van der Waals surface area contributed by atoms with E-state index in [0.717, 1.165) is 29.7 Å². The number of amides is 1. The molecule has 5 nitrogen and oxygen atoms in total. The van der Waals surface area contributed by atoms with E-state index in [-0.39, 0.29) is 11.3 Å². The quantitative estimate of drug-likeness (QED) is 0.768. The molecular weight excluding hydrogens is 252 g/mol. The van der Waals surface area contributed by atoms with Crippen LogP contribution in [0.3, 0.4) is 0 Å². The van der Waals surface area contributed by atoms with Gasteiger partial charge in [0.25, 0.3) is 0 Å². The largest absolute Gasteiger partial charge is 0.352 e. The number of nitrogens with zero attached hydrogens (tertiary/aromatic N) is 1. The van der Waals surface area contributed by atoms with Crippen molar-refractivity contribution in [1.29, 1.82) is 0 Å². The first-order valence-electron chi connectivity index (χ1n) is 6.81. The predicted molar refractivity (Wildman–Crippen MR) is 76.6 cm³/mol. The van der Waals surface area contributed by atoms with Crippen molar-refractivity contribution in [3.63, 3.8) is 0 Å². The normalized spacial score (nSPS) is 15.8. The maximum atomic E-state index is 12.0. The van der Waals surface area contributed by atoms with Crippen LogP contribution in [0.1, 0.15) is 18.4 Å². The Balaban J connectivity index is 1.60. The summed E-state index contributed by atoms with van der Waals surface area (Å²) in [5.41, 5.74) is 8.51. The molecule has 0 radical (unpaired) electrons. The van der Waals surface area contributed by atoms with Gasteiger partial charge in [0.2, 0.25) is 5.91 Å². The molecule has 1 amide bonds. The maximum absolute atomic E-state index is 12.0. The highest BCUT2D eigenvalue weighted by atomic mass is 16.2. The Bertz CT molecular complexity index is 585. The summed E-state index contributed by atoms with van der Waals surface area (Å²) in [6.07, 6.45) is 3.55. The monoisotopic (exact) mass is 270 g/mol. The fourth-order valence-electron chi connectivity index (χ4n) is 2.26. The molecule has 1 aromatic carbocycles. The smallest absolute Gasteiger partial charge is 0.227 e. The number of hydrogen-bond acceptors (Lipinski definition) is 3. The number of nitrogens with one attached hydrogen (secondary N) is 2. The van der Waals surface area contributed by atoms with Gasteiger partial charge in [-0.25, -0.2) is 0 Å². The number of aromatic nitrogens is 2. The number of nitrogens with two attached hydrogens (primary N) is 1. The van der Waals surface area contributed by atoms with Gasteiger partial charge < -0.3 is 11.1 Å². The lowest BCUT2D eigenvalue weighted by Crippen LogP contribution is -2.36. The summed E-state index contributed by atoms with van der Waals surface area (Å²) in [6.45, 7) is 0.988. The molecule has 1 aromatic heterocycles. The van der Waals surface area contributed by atoms with Gasteiger partial charge in [0.15, 0.2) is 0 Å². The molecule has 104 valence electrons. The summed E-state index contributed by atoms with van der Waals surface area (Å²) in [4.78, 5) is 12.0. The van der Waals surface area contributed by atoms with Crippen LogP contribution in [0.4, 0.5) is 0 Å². The molecule has 1 fully saturated rings. The summed E-state index contributed by atoms with van der Waals surface area (Å²) in [5, 5.41) is 9.82. The molecule has 2 aromatic rings. The van der Waals surface area contributed by atoms with Gasteiger partial charge in [0, 0.05) is 19.3 Å². The van der Waals surface area contributed by atoms with Crippen LogP contribution in [-0.2, 0) is 11.3 Å². The van der Waals surface area contributed by atoms with E-state index in [1.54, 1.807) is 6.20 Å². The van der Waals surface area contributed by atoms with E-state index >= 15 is 0 Å². The lowest BCUT2D eigenvalue weighted by molar-refractivity contribution is -0.126. The van der Waals surface area contributed by atoms with Gasteiger partial charge >= 0.3 is 0 Å². The molecule has 0 atom stereocenters. The third-order valence-electron chi connectivity index (χ3n) is 3.94. The number of aromatic amines is 1. The third-order valence-corrected chi connectivity index (χ3v) is 3.94. The summed E-state index contributed by atoms with van der Waals surface area (Å²) in [6, 6.07) is 9.99. The van der Waals surface area contributed by atoms with Gasteiger partial charge in [-0.2, -0.15) is 5.10 Å². The van der Waals surface area contributed by atoms with Gasteiger partial charge in [0.1, 0.15) is 0 Å². The van der Waals surface area contributed by atoms with Crippen molar-refractivity contribution in [2.45, 2.75) is 19.4 Å². The Morgan fingerprint density at radius 3 is 2.60 bits per heavy atom. The van der Waals surface area contributed by atoms with Gasteiger partial charge in [-0.3, -0.25) is 9.89 Å². The minimum absolute atomic E-state index is 0.0812. The van der Waals surface area contributed by atoms with Crippen LogP contribution in [0, 0.1) is 5.41 Å². The molecule has 1 aliphatic rings. The summed E-state index contributed by atoms with van der Waals surface area (Å²) >= 11 is 0. The Labute approximate surface area is 117 Å². The maximum Gasteiger partial charge on any atom is 0.227 e. The molecule has 1 aliphatic carbocycles. The molecule has 3 rings (SSSR count). The van der Waals surface area contributed by atoms with E-state index in [2.05, 4.69) is 15.5 Å². The first kappa shape index (κ1) is 12.9. The van der Waals surface area contributed by atoms with Crippen molar-refractivity contribution in [3.8, 4) is 11.3 Å². The van der Waals surface area contributed by atoms with Crippen molar-refractivity contribution < 1.29 is 4.79 Å².